The quantitative estimate of drug-likeness (QED) is 0.633. The van der Waals surface area contributed by atoms with Crippen molar-refractivity contribution in [2.75, 3.05) is 43.1 Å². The van der Waals surface area contributed by atoms with Gasteiger partial charge in [0.25, 0.3) is 0 Å². The van der Waals surface area contributed by atoms with Crippen LogP contribution in [0.2, 0.25) is 0 Å². The Morgan fingerprint density at radius 2 is 1.79 bits per heavy atom. The largest absolute Gasteiger partial charge is 0.490 e. The molecule has 0 bridgehead atoms. The van der Waals surface area contributed by atoms with Crippen molar-refractivity contribution in [3.05, 3.63) is 52.6 Å². The Kier molecular flexibility index (Phi) is 4.45. The number of nitro benzene ring substituents is 1. The van der Waals surface area contributed by atoms with Gasteiger partial charge in [0, 0.05) is 50.3 Å². The number of nitro groups is 1. The fourth-order valence-electron chi connectivity index (χ4n) is 2.84. The second-order valence-corrected chi connectivity index (χ2v) is 5.41. The lowest BCUT2D eigenvalue weighted by Gasteiger charge is -2.37. The molecule has 1 aromatic carbocycles. The van der Waals surface area contributed by atoms with E-state index >= 15 is 0 Å². The molecule has 2 heterocycles. The van der Waals surface area contributed by atoms with E-state index in [1.165, 1.54) is 13.2 Å². The smallest absolute Gasteiger partial charge is 0.313 e. The molecule has 3 rings (SSSR count). The van der Waals surface area contributed by atoms with Crippen molar-refractivity contribution < 1.29 is 14.1 Å². The fraction of sp³-hybridized carbons (Fsp3) is 0.312. The summed E-state index contributed by atoms with van der Waals surface area (Å²) in [5.74, 6) is -0.548. The molecule has 24 heavy (non-hydrogen) atoms. The number of piperazine rings is 1. The van der Waals surface area contributed by atoms with Gasteiger partial charge in [-0.3, -0.25) is 15.1 Å². The SMILES string of the molecule is COc1cc(N2CCN(c3ccncc3)CC2)c(F)cc1[N+](=O)[O-]. The molecule has 0 unspecified atom stereocenters. The number of halogens is 1. The normalized spacial score (nSPS) is 14.6. The number of nitrogens with zero attached hydrogens (tertiary/aromatic N) is 4. The van der Waals surface area contributed by atoms with Gasteiger partial charge >= 0.3 is 5.69 Å². The fourth-order valence-corrected chi connectivity index (χ4v) is 2.84. The van der Waals surface area contributed by atoms with E-state index in [0.717, 1.165) is 24.8 Å². The molecule has 126 valence electrons. The van der Waals surface area contributed by atoms with Crippen molar-refractivity contribution in [1.29, 1.82) is 0 Å². The van der Waals surface area contributed by atoms with Crippen LogP contribution < -0.4 is 14.5 Å². The van der Waals surface area contributed by atoms with Crippen LogP contribution in [0.25, 0.3) is 0 Å². The van der Waals surface area contributed by atoms with E-state index in [2.05, 4.69) is 9.88 Å². The zero-order valence-electron chi connectivity index (χ0n) is 13.2. The van der Waals surface area contributed by atoms with Crippen LogP contribution in [0.15, 0.2) is 36.7 Å². The highest BCUT2D eigenvalue weighted by Crippen LogP contribution is 2.34. The molecule has 1 fully saturated rings. The highest BCUT2D eigenvalue weighted by atomic mass is 19.1. The Balaban J connectivity index is 1.78. The van der Waals surface area contributed by atoms with Crippen molar-refractivity contribution in [3.8, 4) is 5.75 Å². The molecule has 1 aliphatic heterocycles. The lowest BCUT2D eigenvalue weighted by molar-refractivity contribution is -0.385. The van der Waals surface area contributed by atoms with Crippen LogP contribution in [0, 0.1) is 15.9 Å². The number of ether oxygens (including phenoxy) is 1. The number of anilines is 2. The second-order valence-electron chi connectivity index (χ2n) is 5.41. The van der Waals surface area contributed by atoms with Crippen molar-refractivity contribution in [2.45, 2.75) is 0 Å². The minimum Gasteiger partial charge on any atom is -0.490 e. The third-order valence-corrected chi connectivity index (χ3v) is 4.09. The van der Waals surface area contributed by atoms with Crippen LogP contribution in [0.5, 0.6) is 5.75 Å². The van der Waals surface area contributed by atoms with E-state index in [0.29, 0.717) is 18.8 Å². The lowest BCUT2D eigenvalue weighted by atomic mass is 10.2. The molecular weight excluding hydrogens is 315 g/mol. The van der Waals surface area contributed by atoms with Crippen molar-refractivity contribution in [1.82, 2.24) is 4.98 Å². The molecule has 1 saturated heterocycles. The van der Waals surface area contributed by atoms with Gasteiger partial charge in [0.1, 0.15) is 0 Å². The van der Waals surface area contributed by atoms with Gasteiger partial charge in [0.15, 0.2) is 11.6 Å². The van der Waals surface area contributed by atoms with E-state index < -0.39 is 10.7 Å². The van der Waals surface area contributed by atoms with Crippen LogP contribution in [0.3, 0.4) is 0 Å². The molecule has 2 aromatic rings. The summed E-state index contributed by atoms with van der Waals surface area (Å²) in [6, 6.07) is 6.19. The van der Waals surface area contributed by atoms with Crippen LogP contribution in [-0.4, -0.2) is 43.2 Å². The van der Waals surface area contributed by atoms with E-state index in [1.54, 1.807) is 12.4 Å². The Hall–Kier alpha value is -2.90. The van der Waals surface area contributed by atoms with Gasteiger partial charge in [0.2, 0.25) is 0 Å². The van der Waals surface area contributed by atoms with E-state index in [1.807, 2.05) is 17.0 Å². The molecule has 0 spiro atoms. The van der Waals surface area contributed by atoms with Gasteiger partial charge in [-0.25, -0.2) is 4.39 Å². The summed E-state index contributed by atoms with van der Waals surface area (Å²) < 4.78 is 19.3. The van der Waals surface area contributed by atoms with Gasteiger partial charge in [-0.05, 0) is 12.1 Å². The Morgan fingerprint density at radius 1 is 1.17 bits per heavy atom. The molecule has 0 amide bonds. The number of benzene rings is 1. The first-order chi connectivity index (χ1) is 11.6. The van der Waals surface area contributed by atoms with Crippen molar-refractivity contribution in [2.24, 2.45) is 0 Å². The van der Waals surface area contributed by atoms with Crippen LogP contribution in [0.4, 0.5) is 21.5 Å². The maximum absolute atomic E-state index is 14.3. The van der Waals surface area contributed by atoms with Crippen LogP contribution in [0.1, 0.15) is 0 Å². The van der Waals surface area contributed by atoms with Crippen LogP contribution in [-0.2, 0) is 0 Å². The average Bonchev–Trinajstić information content (AvgIpc) is 2.62. The molecule has 1 aromatic heterocycles. The maximum Gasteiger partial charge on any atom is 0.313 e. The topological polar surface area (TPSA) is 71.7 Å². The summed E-state index contributed by atoms with van der Waals surface area (Å²) in [7, 11) is 1.34. The second kappa shape index (κ2) is 6.69. The predicted molar refractivity (Wildman–Crippen MR) is 88.3 cm³/mol. The number of rotatable bonds is 4. The molecule has 0 radical (unpaired) electrons. The monoisotopic (exact) mass is 332 g/mol. The first-order valence-electron chi connectivity index (χ1n) is 7.52. The predicted octanol–water partition coefficient (Wildman–Crippen LogP) is 2.46. The van der Waals surface area contributed by atoms with Gasteiger partial charge < -0.3 is 14.5 Å². The molecule has 0 aliphatic carbocycles. The Morgan fingerprint density at radius 3 is 2.38 bits per heavy atom. The van der Waals surface area contributed by atoms with Crippen molar-refractivity contribution in [3.63, 3.8) is 0 Å². The minimum absolute atomic E-state index is 0.0629. The Labute approximate surface area is 138 Å². The molecule has 0 N–H and O–H groups in total. The molecule has 0 atom stereocenters. The molecular formula is C16H17FN4O3. The molecule has 7 nitrogen and oxygen atoms in total. The molecule has 8 heteroatoms. The standard InChI is InChI=1S/C16H17FN4O3/c1-24-16-11-14(13(17)10-15(16)21(22)23)20-8-6-19(7-9-20)12-2-4-18-5-3-12/h2-5,10-11H,6-9H2,1H3. The van der Waals surface area contributed by atoms with Crippen molar-refractivity contribution >= 4 is 17.1 Å². The van der Waals surface area contributed by atoms with Gasteiger partial charge in [-0.15, -0.1) is 0 Å². The summed E-state index contributed by atoms with van der Waals surface area (Å²) in [6.07, 6.45) is 3.48. The third-order valence-electron chi connectivity index (χ3n) is 4.09. The summed E-state index contributed by atoms with van der Waals surface area (Å²) in [5, 5.41) is 11.0. The number of hydrogen-bond donors (Lipinski definition) is 0. The van der Waals surface area contributed by atoms with E-state index in [-0.39, 0.29) is 11.4 Å². The average molecular weight is 332 g/mol. The summed E-state index contributed by atoms with van der Waals surface area (Å²) in [4.78, 5) is 18.4. The van der Waals surface area contributed by atoms with Gasteiger partial charge in [-0.2, -0.15) is 0 Å². The Bertz CT molecular complexity index is 734. The number of methoxy groups -OCH3 is 1. The van der Waals surface area contributed by atoms with E-state index in [4.69, 9.17) is 4.74 Å². The van der Waals surface area contributed by atoms with Gasteiger partial charge in [-0.1, -0.05) is 0 Å². The summed E-state index contributed by atoms with van der Waals surface area (Å²) in [5.41, 5.74) is 1.03. The maximum atomic E-state index is 14.3. The zero-order chi connectivity index (χ0) is 17.1. The first-order valence-corrected chi connectivity index (χ1v) is 7.52. The zero-order valence-corrected chi connectivity index (χ0v) is 13.2. The van der Waals surface area contributed by atoms with E-state index in [9.17, 15) is 14.5 Å². The first kappa shape index (κ1) is 16.0. The third kappa shape index (κ3) is 3.08. The number of hydrogen-bond acceptors (Lipinski definition) is 6. The number of pyridine rings is 1. The lowest BCUT2D eigenvalue weighted by Crippen LogP contribution is -2.46. The molecule has 1 aliphatic rings. The summed E-state index contributed by atoms with van der Waals surface area (Å²) >= 11 is 0. The summed E-state index contributed by atoms with van der Waals surface area (Å²) in [6.45, 7) is 2.67. The minimum atomic E-state index is -0.646. The molecule has 0 saturated carbocycles. The number of aromatic nitrogens is 1. The van der Waals surface area contributed by atoms with Crippen LogP contribution >= 0.6 is 0 Å². The highest BCUT2D eigenvalue weighted by molar-refractivity contribution is 5.61. The highest BCUT2D eigenvalue weighted by Gasteiger charge is 2.24. The van der Waals surface area contributed by atoms with Gasteiger partial charge in [0.05, 0.1) is 23.8 Å².